The molecule has 1 aliphatic rings. The van der Waals surface area contributed by atoms with E-state index in [1.165, 1.54) is 11.3 Å². The molecule has 0 spiro atoms. The molecule has 3 rings (SSSR count). The summed E-state index contributed by atoms with van der Waals surface area (Å²) in [5.41, 5.74) is 1.11. The number of methoxy groups -OCH3 is 1. The number of hydrogen-bond donors (Lipinski definition) is 2. The van der Waals surface area contributed by atoms with Gasteiger partial charge in [0.25, 0.3) is 11.8 Å². The van der Waals surface area contributed by atoms with Gasteiger partial charge in [-0.15, -0.1) is 10.2 Å². The lowest BCUT2D eigenvalue weighted by atomic mass is 10.2. The molecule has 0 unspecified atom stereocenters. The Morgan fingerprint density at radius 2 is 2.08 bits per heavy atom. The zero-order valence-electron chi connectivity index (χ0n) is 14.4. The Labute approximate surface area is 154 Å². The van der Waals surface area contributed by atoms with Gasteiger partial charge in [-0.05, 0) is 37.1 Å². The van der Waals surface area contributed by atoms with Crippen molar-refractivity contribution < 1.29 is 19.1 Å². The molecule has 8 nitrogen and oxygen atoms in total. The SMILES string of the molecule is COCc1nnc(C(=O)Nc2ccc(C(=O)NC[C@H]3CCCO3)cc2)s1. The maximum absolute atomic E-state index is 12.2. The van der Waals surface area contributed by atoms with Gasteiger partial charge in [-0.25, -0.2) is 0 Å². The Morgan fingerprint density at radius 3 is 2.77 bits per heavy atom. The number of benzene rings is 1. The molecule has 2 amide bonds. The van der Waals surface area contributed by atoms with Crippen molar-refractivity contribution in [2.24, 2.45) is 0 Å². The maximum atomic E-state index is 12.2. The van der Waals surface area contributed by atoms with Crippen LogP contribution in [0.5, 0.6) is 0 Å². The van der Waals surface area contributed by atoms with Crippen LogP contribution >= 0.6 is 11.3 Å². The standard InChI is InChI=1S/C17H20N4O4S/c1-24-10-14-20-21-17(26-14)16(23)19-12-6-4-11(5-7-12)15(22)18-9-13-3-2-8-25-13/h4-7,13H,2-3,8-10H2,1H3,(H,18,22)(H,19,23)/t13-/m1/s1. The Bertz CT molecular complexity index is 756. The third-order valence-corrected chi connectivity index (χ3v) is 4.74. The predicted molar refractivity (Wildman–Crippen MR) is 96.3 cm³/mol. The van der Waals surface area contributed by atoms with E-state index in [9.17, 15) is 9.59 Å². The van der Waals surface area contributed by atoms with E-state index in [4.69, 9.17) is 9.47 Å². The number of carbonyl (C=O) groups excluding carboxylic acids is 2. The molecule has 0 aliphatic carbocycles. The summed E-state index contributed by atoms with van der Waals surface area (Å²) in [5.74, 6) is -0.507. The third kappa shape index (κ3) is 4.84. The van der Waals surface area contributed by atoms with E-state index in [1.807, 2.05) is 0 Å². The number of ether oxygens (including phenoxy) is 2. The molecule has 1 aliphatic heterocycles. The molecule has 0 saturated carbocycles. The van der Waals surface area contributed by atoms with Crippen molar-refractivity contribution in [2.75, 3.05) is 25.6 Å². The van der Waals surface area contributed by atoms with Crippen LogP contribution in [0.1, 0.15) is 38.0 Å². The van der Waals surface area contributed by atoms with Gasteiger partial charge >= 0.3 is 0 Å². The topological polar surface area (TPSA) is 102 Å². The lowest BCUT2D eigenvalue weighted by Crippen LogP contribution is -2.31. The van der Waals surface area contributed by atoms with Gasteiger partial charge in [-0.1, -0.05) is 11.3 Å². The quantitative estimate of drug-likeness (QED) is 0.764. The minimum Gasteiger partial charge on any atom is -0.377 e. The second-order valence-corrected chi connectivity index (χ2v) is 6.87. The van der Waals surface area contributed by atoms with Crippen LogP contribution < -0.4 is 10.6 Å². The van der Waals surface area contributed by atoms with E-state index in [1.54, 1.807) is 31.4 Å². The molecule has 1 atom stereocenters. The Balaban J connectivity index is 1.52. The number of carbonyl (C=O) groups is 2. The first-order valence-corrected chi connectivity index (χ1v) is 9.10. The van der Waals surface area contributed by atoms with Crippen LogP contribution in [-0.4, -0.2) is 48.4 Å². The van der Waals surface area contributed by atoms with Crippen molar-refractivity contribution in [2.45, 2.75) is 25.6 Å². The van der Waals surface area contributed by atoms with Gasteiger partial charge in [0.05, 0.1) is 12.7 Å². The number of hydrogen-bond acceptors (Lipinski definition) is 7. The van der Waals surface area contributed by atoms with Crippen LogP contribution in [0.25, 0.3) is 0 Å². The Kier molecular flexibility index (Phi) is 6.26. The van der Waals surface area contributed by atoms with Gasteiger partial charge in [0.15, 0.2) is 0 Å². The van der Waals surface area contributed by atoms with E-state index in [0.29, 0.717) is 29.4 Å². The summed E-state index contributed by atoms with van der Waals surface area (Å²) >= 11 is 1.18. The van der Waals surface area contributed by atoms with Crippen LogP contribution in [0.15, 0.2) is 24.3 Å². The number of amides is 2. The van der Waals surface area contributed by atoms with Gasteiger partial charge in [-0.3, -0.25) is 9.59 Å². The molecule has 0 radical (unpaired) electrons. The van der Waals surface area contributed by atoms with Crippen molar-refractivity contribution >= 4 is 28.8 Å². The van der Waals surface area contributed by atoms with Crippen molar-refractivity contribution in [3.63, 3.8) is 0 Å². The summed E-state index contributed by atoms with van der Waals surface area (Å²) in [4.78, 5) is 24.3. The van der Waals surface area contributed by atoms with Crippen LogP contribution in [0.3, 0.4) is 0 Å². The van der Waals surface area contributed by atoms with Crippen LogP contribution in [0.4, 0.5) is 5.69 Å². The number of nitrogens with zero attached hydrogens (tertiary/aromatic N) is 2. The summed E-state index contributed by atoms with van der Waals surface area (Å²) in [6.45, 7) is 1.59. The zero-order chi connectivity index (χ0) is 18.4. The molecule has 2 aromatic rings. The molecule has 26 heavy (non-hydrogen) atoms. The van der Waals surface area contributed by atoms with Gasteiger partial charge in [-0.2, -0.15) is 0 Å². The molecular weight excluding hydrogens is 356 g/mol. The fourth-order valence-corrected chi connectivity index (χ4v) is 3.24. The normalized spacial score (nSPS) is 16.4. The van der Waals surface area contributed by atoms with Gasteiger partial charge in [0.1, 0.15) is 5.01 Å². The molecular formula is C17H20N4O4S. The van der Waals surface area contributed by atoms with Crippen LogP contribution in [0.2, 0.25) is 0 Å². The highest BCUT2D eigenvalue weighted by atomic mass is 32.1. The summed E-state index contributed by atoms with van der Waals surface area (Å²) in [5, 5.41) is 14.2. The van der Waals surface area contributed by atoms with E-state index >= 15 is 0 Å². The molecule has 1 aromatic carbocycles. The van der Waals surface area contributed by atoms with Gasteiger partial charge in [0, 0.05) is 31.5 Å². The van der Waals surface area contributed by atoms with Gasteiger partial charge in [0.2, 0.25) is 5.01 Å². The van der Waals surface area contributed by atoms with E-state index < -0.39 is 0 Å². The Hall–Kier alpha value is -2.36. The first-order valence-electron chi connectivity index (χ1n) is 8.28. The van der Waals surface area contributed by atoms with Crippen LogP contribution in [-0.2, 0) is 16.1 Å². The highest BCUT2D eigenvalue weighted by Crippen LogP contribution is 2.15. The average molecular weight is 376 g/mol. The van der Waals surface area contributed by atoms with E-state index in [-0.39, 0.29) is 22.9 Å². The summed E-state index contributed by atoms with van der Waals surface area (Å²) in [7, 11) is 1.56. The minimum absolute atomic E-state index is 0.104. The van der Waals surface area contributed by atoms with E-state index in [0.717, 1.165) is 19.4 Å². The highest BCUT2D eigenvalue weighted by Gasteiger charge is 2.17. The monoisotopic (exact) mass is 376 g/mol. The summed E-state index contributed by atoms with van der Waals surface area (Å²) < 4.78 is 10.4. The molecule has 0 bridgehead atoms. The smallest absolute Gasteiger partial charge is 0.286 e. The number of rotatable bonds is 7. The molecule has 1 fully saturated rings. The summed E-state index contributed by atoms with van der Waals surface area (Å²) in [6, 6.07) is 6.68. The highest BCUT2D eigenvalue weighted by molar-refractivity contribution is 7.13. The van der Waals surface area contributed by atoms with Crippen molar-refractivity contribution in [1.82, 2.24) is 15.5 Å². The van der Waals surface area contributed by atoms with Crippen molar-refractivity contribution in [3.05, 3.63) is 39.8 Å². The lowest BCUT2D eigenvalue weighted by Gasteiger charge is -2.11. The molecule has 138 valence electrons. The Morgan fingerprint density at radius 1 is 1.27 bits per heavy atom. The first kappa shape index (κ1) is 18.4. The molecule has 1 saturated heterocycles. The van der Waals surface area contributed by atoms with Crippen molar-refractivity contribution in [1.29, 1.82) is 0 Å². The fourth-order valence-electron chi connectivity index (χ4n) is 2.53. The molecule has 9 heteroatoms. The fraction of sp³-hybridized carbons (Fsp3) is 0.412. The second kappa shape index (κ2) is 8.84. The number of nitrogens with one attached hydrogen (secondary N) is 2. The number of aromatic nitrogens is 2. The second-order valence-electron chi connectivity index (χ2n) is 5.81. The molecule has 1 aromatic heterocycles. The zero-order valence-corrected chi connectivity index (χ0v) is 15.2. The lowest BCUT2D eigenvalue weighted by molar-refractivity contribution is 0.0857. The minimum atomic E-state index is -0.347. The first-order chi connectivity index (χ1) is 12.7. The molecule has 2 N–H and O–H groups in total. The van der Waals surface area contributed by atoms with Crippen molar-refractivity contribution in [3.8, 4) is 0 Å². The molecule has 2 heterocycles. The van der Waals surface area contributed by atoms with E-state index in [2.05, 4.69) is 20.8 Å². The number of anilines is 1. The third-order valence-electron chi connectivity index (χ3n) is 3.85. The largest absolute Gasteiger partial charge is 0.377 e. The predicted octanol–water partition coefficient (Wildman–Crippen LogP) is 1.85. The van der Waals surface area contributed by atoms with Crippen LogP contribution in [0, 0.1) is 0 Å². The summed E-state index contributed by atoms with van der Waals surface area (Å²) in [6.07, 6.45) is 2.12. The average Bonchev–Trinajstić information content (AvgIpc) is 3.32. The van der Waals surface area contributed by atoms with Gasteiger partial charge < -0.3 is 20.1 Å². The maximum Gasteiger partial charge on any atom is 0.286 e.